The second-order valence-corrected chi connectivity index (χ2v) is 6.43. The van der Waals surface area contributed by atoms with Gasteiger partial charge in [0.2, 0.25) is 0 Å². The number of hydrogen-bond acceptors (Lipinski definition) is 2. The van der Waals surface area contributed by atoms with E-state index in [9.17, 15) is 4.79 Å². The Morgan fingerprint density at radius 1 is 0.682 bits per heavy atom. The maximum absolute atomic E-state index is 10.4. The Bertz CT molecular complexity index is 200. The van der Waals surface area contributed by atoms with Crippen molar-refractivity contribution in [3.63, 3.8) is 0 Å². The Morgan fingerprint density at radius 3 is 1.18 bits per heavy atom. The molecule has 0 aliphatic heterocycles. The largest absolute Gasteiger partial charge is 0.463 e. The van der Waals surface area contributed by atoms with E-state index in [1.807, 2.05) is 13.8 Å². The molecule has 0 bridgehead atoms. The molecule has 0 unspecified atom stereocenters. The molecule has 0 heterocycles. The van der Waals surface area contributed by atoms with E-state index in [-0.39, 0.29) is 12.1 Å². The lowest BCUT2D eigenvalue weighted by atomic mass is 10.1. The summed E-state index contributed by atoms with van der Waals surface area (Å²) in [5, 5.41) is 0. The molecule has 2 heteroatoms. The number of carbonyl (C=O) groups is 1. The van der Waals surface area contributed by atoms with Crippen molar-refractivity contribution in [2.45, 2.75) is 124 Å². The zero-order valence-electron chi connectivity index (χ0n) is 16.1. The highest BCUT2D eigenvalue weighted by atomic mass is 16.5. The van der Waals surface area contributed by atoms with Gasteiger partial charge in [-0.1, -0.05) is 97.8 Å². The van der Waals surface area contributed by atoms with Crippen LogP contribution < -0.4 is 0 Å². The molecule has 134 valence electrons. The van der Waals surface area contributed by atoms with Crippen molar-refractivity contribution in [2.75, 3.05) is 0 Å². The standard InChI is InChI=1S/C14H30.C6H12O2/c1-3-5-7-9-11-13-14-12-10-8-6-4-2;1-4-6(7)8-5(2)3/h3-14H2,1-2H3;5H,4H2,1-3H3. The van der Waals surface area contributed by atoms with Crippen LogP contribution in [0.1, 0.15) is 118 Å². The van der Waals surface area contributed by atoms with Gasteiger partial charge >= 0.3 is 5.97 Å². The van der Waals surface area contributed by atoms with Gasteiger partial charge in [-0.2, -0.15) is 0 Å². The fraction of sp³-hybridized carbons (Fsp3) is 0.950. The first-order chi connectivity index (χ1) is 10.6. The summed E-state index contributed by atoms with van der Waals surface area (Å²) in [6, 6.07) is 0. The molecule has 0 saturated carbocycles. The first-order valence-corrected chi connectivity index (χ1v) is 9.77. The zero-order chi connectivity index (χ0) is 17.1. The summed E-state index contributed by atoms with van der Waals surface area (Å²) in [7, 11) is 0. The third-order valence-electron chi connectivity index (χ3n) is 3.61. The van der Waals surface area contributed by atoms with Crippen LogP contribution in [0.5, 0.6) is 0 Å². The molecule has 0 saturated heterocycles. The fourth-order valence-electron chi connectivity index (χ4n) is 2.26. The van der Waals surface area contributed by atoms with Crippen LogP contribution in [-0.4, -0.2) is 12.1 Å². The van der Waals surface area contributed by atoms with Gasteiger partial charge in [0.15, 0.2) is 0 Å². The molecule has 0 fully saturated rings. The quantitative estimate of drug-likeness (QED) is 0.269. The summed E-state index contributed by atoms with van der Waals surface area (Å²) in [6.07, 6.45) is 17.9. The van der Waals surface area contributed by atoms with Gasteiger partial charge in [-0.3, -0.25) is 4.79 Å². The Kier molecular flexibility index (Phi) is 22.1. The molecule has 0 aromatic heterocycles. The fourth-order valence-corrected chi connectivity index (χ4v) is 2.26. The summed E-state index contributed by atoms with van der Waals surface area (Å²) in [6.45, 7) is 10.0. The Balaban J connectivity index is 0. The van der Waals surface area contributed by atoms with E-state index in [0.717, 1.165) is 0 Å². The van der Waals surface area contributed by atoms with Crippen LogP contribution >= 0.6 is 0 Å². The maximum atomic E-state index is 10.4. The number of carbonyl (C=O) groups excluding carboxylic acids is 1. The molecular weight excluding hydrogens is 272 g/mol. The van der Waals surface area contributed by atoms with Crippen molar-refractivity contribution >= 4 is 5.97 Å². The van der Waals surface area contributed by atoms with Crippen LogP contribution in [-0.2, 0) is 9.53 Å². The highest BCUT2D eigenvalue weighted by Gasteiger charge is 1.99. The van der Waals surface area contributed by atoms with Gasteiger partial charge in [0.05, 0.1) is 6.10 Å². The molecule has 0 spiro atoms. The first kappa shape index (κ1) is 23.7. The summed E-state index contributed by atoms with van der Waals surface area (Å²) >= 11 is 0. The molecule has 0 aliphatic carbocycles. The van der Waals surface area contributed by atoms with Gasteiger partial charge in [-0.05, 0) is 13.8 Å². The van der Waals surface area contributed by atoms with E-state index in [2.05, 4.69) is 13.8 Å². The maximum Gasteiger partial charge on any atom is 0.305 e. The minimum Gasteiger partial charge on any atom is -0.463 e. The monoisotopic (exact) mass is 314 g/mol. The minimum atomic E-state index is -0.125. The molecule has 0 rings (SSSR count). The van der Waals surface area contributed by atoms with Crippen LogP contribution in [0.25, 0.3) is 0 Å². The molecule has 0 amide bonds. The van der Waals surface area contributed by atoms with Crippen LogP contribution in [0.4, 0.5) is 0 Å². The van der Waals surface area contributed by atoms with E-state index in [1.54, 1.807) is 6.92 Å². The van der Waals surface area contributed by atoms with E-state index in [0.29, 0.717) is 6.42 Å². The molecular formula is C20H42O2. The smallest absolute Gasteiger partial charge is 0.305 e. The minimum absolute atomic E-state index is 0.0300. The van der Waals surface area contributed by atoms with E-state index >= 15 is 0 Å². The van der Waals surface area contributed by atoms with Gasteiger partial charge in [0, 0.05) is 6.42 Å². The molecule has 2 nitrogen and oxygen atoms in total. The van der Waals surface area contributed by atoms with Crippen molar-refractivity contribution in [1.82, 2.24) is 0 Å². The molecule has 0 aromatic rings. The molecule has 0 aromatic carbocycles. The molecule has 0 atom stereocenters. The lowest BCUT2D eigenvalue weighted by molar-refractivity contribution is -0.146. The number of hydrogen-bond donors (Lipinski definition) is 0. The van der Waals surface area contributed by atoms with Gasteiger partial charge in [0.25, 0.3) is 0 Å². The summed E-state index contributed by atoms with van der Waals surface area (Å²) < 4.78 is 4.76. The van der Waals surface area contributed by atoms with Crippen molar-refractivity contribution in [2.24, 2.45) is 0 Å². The SMILES string of the molecule is CCC(=O)OC(C)C.CCCCCCCCCCCCCC. The number of rotatable bonds is 13. The van der Waals surface area contributed by atoms with Gasteiger partial charge in [0.1, 0.15) is 0 Å². The summed E-state index contributed by atoms with van der Waals surface area (Å²) in [5.74, 6) is -0.125. The summed E-state index contributed by atoms with van der Waals surface area (Å²) in [5.41, 5.74) is 0. The highest BCUT2D eigenvalue weighted by Crippen LogP contribution is 2.11. The second kappa shape index (κ2) is 20.5. The molecule has 0 radical (unpaired) electrons. The number of unbranched alkanes of at least 4 members (excludes halogenated alkanes) is 11. The first-order valence-electron chi connectivity index (χ1n) is 9.77. The molecule has 0 aliphatic rings. The lowest BCUT2D eigenvalue weighted by Crippen LogP contribution is -2.09. The Morgan fingerprint density at radius 2 is 1.00 bits per heavy atom. The second-order valence-electron chi connectivity index (χ2n) is 6.43. The van der Waals surface area contributed by atoms with Gasteiger partial charge in [-0.15, -0.1) is 0 Å². The number of esters is 1. The van der Waals surface area contributed by atoms with Crippen molar-refractivity contribution in [3.05, 3.63) is 0 Å². The lowest BCUT2D eigenvalue weighted by Gasteiger charge is -2.04. The van der Waals surface area contributed by atoms with Gasteiger partial charge < -0.3 is 4.74 Å². The van der Waals surface area contributed by atoms with E-state index in [4.69, 9.17) is 4.74 Å². The predicted octanol–water partition coefficient (Wildman–Crippen LogP) is 7.06. The molecule has 22 heavy (non-hydrogen) atoms. The third kappa shape index (κ3) is 24.5. The van der Waals surface area contributed by atoms with Crippen LogP contribution in [0.3, 0.4) is 0 Å². The summed E-state index contributed by atoms with van der Waals surface area (Å²) in [4.78, 5) is 10.4. The average molecular weight is 315 g/mol. The number of ether oxygens (including phenoxy) is 1. The van der Waals surface area contributed by atoms with Crippen molar-refractivity contribution in [1.29, 1.82) is 0 Å². The Labute approximate surface area is 140 Å². The third-order valence-corrected chi connectivity index (χ3v) is 3.61. The zero-order valence-corrected chi connectivity index (χ0v) is 16.1. The van der Waals surface area contributed by atoms with E-state index in [1.165, 1.54) is 77.0 Å². The predicted molar refractivity (Wildman–Crippen MR) is 98.3 cm³/mol. The Hall–Kier alpha value is -0.530. The van der Waals surface area contributed by atoms with Crippen molar-refractivity contribution in [3.8, 4) is 0 Å². The van der Waals surface area contributed by atoms with E-state index < -0.39 is 0 Å². The highest BCUT2D eigenvalue weighted by molar-refractivity contribution is 5.68. The van der Waals surface area contributed by atoms with Crippen LogP contribution in [0, 0.1) is 0 Å². The topological polar surface area (TPSA) is 26.3 Å². The molecule has 0 N–H and O–H groups in total. The van der Waals surface area contributed by atoms with Crippen LogP contribution in [0.15, 0.2) is 0 Å². The van der Waals surface area contributed by atoms with Crippen molar-refractivity contribution < 1.29 is 9.53 Å². The normalized spacial score (nSPS) is 10.3. The van der Waals surface area contributed by atoms with Crippen LogP contribution in [0.2, 0.25) is 0 Å². The average Bonchev–Trinajstić information content (AvgIpc) is 2.49. The van der Waals surface area contributed by atoms with Gasteiger partial charge in [-0.25, -0.2) is 0 Å².